The number of hydrogen-bond acceptors (Lipinski definition) is 2. The summed E-state index contributed by atoms with van der Waals surface area (Å²) < 4.78 is 5.95. The highest BCUT2D eigenvalue weighted by Gasteiger charge is 2.31. The molecule has 1 aliphatic heterocycles. The second-order valence-corrected chi connectivity index (χ2v) is 7.14. The molecule has 1 fully saturated rings. The number of hydrogen-bond donors (Lipinski definition) is 1. The lowest BCUT2D eigenvalue weighted by Gasteiger charge is -2.19. The van der Waals surface area contributed by atoms with Gasteiger partial charge < -0.3 is 10.1 Å². The van der Waals surface area contributed by atoms with Gasteiger partial charge in [-0.05, 0) is 48.4 Å². The highest BCUT2D eigenvalue weighted by molar-refractivity contribution is 6.30. The summed E-state index contributed by atoms with van der Waals surface area (Å²) in [5, 5.41) is 4.47. The Morgan fingerprint density at radius 2 is 2.26 bits per heavy atom. The Morgan fingerprint density at radius 3 is 3.00 bits per heavy atom. The molecule has 0 amide bonds. The summed E-state index contributed by atoms with van der Waals surface area (Å²) in [5.41, 5.74) is 1.75. The van der Waals surface area contributed by atoms with Crippen LogP contribution in [0.3, 0.4) is 0 Å². The molecule has 1 aromatic rings. The molecule has 2 unspecified atom stereocenters. The van der Waals surface area contributed by atoms with Crippen molar-refractivity contribution in [2.75, 3.05) is 6.54 Å². The van der Waals surface area contributed by atoms with Crippen molar-refractivity contribution < 1.29 is 4.74 Å². The second-order valence-electron chi connectivity index (χ2n) is 6.71. The van der Waals surface area contributed by atoms with E-state index in [0.29, 0.717) is 11.5 Å². The van der Waals surface area contributed by atoms with Gasteiger partial charge in [-0.1, -0.05) is 25.4 Å². The van der Waals surface area contributed by atoms with Gasteiger partial charge in [0.25, 0.3) is 0 Å². The van der Waals surface area contributed by atoms with Gasteiger partial charge >= 0.3 is 0 Å². The molecule has 19 heavy (non-hydrogen) atoms. The van der Waals surface area contributed by atoms with Crippen LogP contribution in [0.15, 0.2) is 18.2 Å². The predicted octanol–water partition coefficient (Wildman–Crippen LogP) is 3.81. The maximum atomic E-state index is 6.01. The van der Waals surface area contributed by atoms with Crippen molar-refractivity contribution in [1.82, 2.24) is 5.32 Å². The topological polar surface area (TPSA) is 21.3 Å². The van der Waals surface area contributed by atoms with Crippen LogP contribution < -0.4 is 10.1 Å². The molecule has 1 aromatic carbocycles. The molecule has 3 rings (SSSR count). The number of nitrogens with one attached hydrogen (secondary N) is 1. The first-order valence-electron chi connectivity index (χ1n) is 7.20. The Bertz CT molecular complexity index is 472. The van der Waals surface area contributed by atoms with Gasteiger partial charge in [0.2, 0.25) is 0 Å². The minimum Gasteiger partial charge on any atom is -0.488 e. The molecule has 0 aromatic heterocycles. The summed E-state index contributed by atoms with van der Waals surface area (Å²) in [5.74, 6) is 1.00. The van der Waals surface area contributed by atoms with Crippen LogP contribution in [-0.2, 0) is 6.42 Å². The second kappa shape index (κ2) is 4.99. The lowest BCUT2D eigenvalue weighted by Crippen LogP contribution is -2.36. The molecular formula is C16H22ClNO. The fourth-order valence-electron chi connectivity index (χ4n) is 3.31. The summed E-state index contributed by atoms with van der Waals surface area (Å²) in [4.78, 5) is 0. The highest BCUT2D eigenvalue weighted by Crippen LogP contribution is 2.37. The summed E-state index contributed by atoms with van der Waals surface area (Å²) in [7, 11) is 0. The fraction of sp³-hybridized carbons (Fsp3) is 0.625. The van der Waals surface area contributed by atoms with E-state index in [-0.39, 0.29) is 6.10 Å². The highest BCUT2D eigenvalue weighted by atomic mass is 35.5. The lowest BCUT2D eigenvalue weighted by molar-refractivity contribution is 0.219. The first-order valence-corrected chi connectivity index (χ1v) is 7.58. The minimum atomic E-state index is 0.261. The van der Waals surface area contributed by atoms with Crippen molar-refractivity contribution in [2.45, 2.75) is 51.7 Å². The maximum Gasteiger partial charge on any atom is 0.123 e. The third-order valence-electron chi connectivity index (χ3n) is 4.37. The molecule has 104 valence electrons. The zero-order valence-electron chi connectivity index (χ0n) is 11.7. The average Bonchev–Trinajstić information content (AvgIpc) is 2.89. The fourth-order valence-corrected chi connectivity index (χ4v) is 3.51. The van der Waals surface area contributed by atoms with Crippen molar-refractivity contribution in [3.63, 3.8) is 0 Å². The van der Waals surface area contributed by atoms with E-state index in [2.05, 4.69) is 19.2 Å². The number of halogens is 1. The molecular weight excluding hydrogens is 258 g/mol. The lowest BCUT2D eigenvalue weighted by atomic mass is 9.92. The van der Waals surface area contributed by atoms with Gasteiger partial charge in [0.1, 0.15) is 11.9 Å². The quantitative estimate of drug-likeness (QED) is 0.908. The van der Waals surface area contributed by atoms with Crippen LogP contribution in [0, 0.1) is 5.41 Å². The Labute approximate surface area is 120 Å². The zero-order valence-corrected chi connectivity index (χ0v) is 12.5. The Balaban J connectivity index is 1.51. The van der Waals surface area contributed by atoms with Crippen LogP contribution in [0.25, 0.3) is 0 Å². The molecule has 3 heteroatoms. The zero-order chi connectivity index (χ0) is 13.5. The van der Waals surface area contributed by atoms with E-state index in [9.17, 15) is 0 Å². The molecule has 1 N–H and O–H groups in total. The van der Waals surface area contributed by atoms with Crippen molar-refractivity contribution in [1.29, 1.82) is 0 Å². The Kier molecular flexibility index (Phi) is 3.48. The van der Waals surface area contributed by atoms with Gasteiger partial charge in [0.15, 0.2) is 0 Å². The molecule has 2 atom stereocenters. The van der Waals surface area contributed by atoms with Crippen LogP contribution in [0.1, 0.15) is 38.7 Å². The van der Waals surface area contributed by atoms with Gasteiger partial charge in [-0.15, -0.1) is 0 Å². The first kappa shape index (κ1) is 13.3. The van der Waals surface area contributed by atoms with Gasteiger partial charge in [-0.25, -0.2) is 0 Å². The van der Waals surface area contributed by atoms with Crippen molar-refractivity contribution >= 4 is 11.6 Å². The number of fused-ring (bicyclic) bond motifs is 1. The van der Waals surface area contributed by atoms with E-state index >= 15 is 0 Å². The third-order valence-corrected chi connectivity index (χ3v) is 4.60. The van der Waals surface area contributed by atoms with Crippen molar-refractivity contribution in [3.8, 4) is 5.75 Å². The van der Waals surface area contributed by atoms with Gasteiger partial charge in [0.05, 0.1) is 0 Å². The molecule has 0 bridgehead atoms. The largest absolute Gasteiger partial charge is 0.488 e. The number of rotatable bonds is 3. The summed E-state index contributed by atoms with van der Waals surface area (Å²) in [6.07, 6.45) is 5.12. The van der Waals surface area contributed by atoms with E-state index in [1.807, 2.05) is 18.2 Å². The number of ether oxygens (including phenoxy) is 1. The molecule has 1 heterocycles. The molecule has 1 aliphatic carbocycles. The molecule has 2 nitrogen and oxygen atoms in total. The molecule has 0 saturated heterocycles. The van der Waals surface area contributed by atoms with E-state index < -0.39 is 0 Å². The van der Waals surface area contributed by atoms with Crippen LogP contribution in [0.4, 0.5) is 0 Å². The molecule has 2 aliphatic rings. The summed E-state index contributed by atoms with van der Waals surface area (Å²) in [6, 6.07) is 6.56. The van der Waals surface area contributed by atoms with Crippen LogP contribution in [-0.4, -0.2) is 18.7 Å². The minimum absolute atomic E-state index is 0.261. The molecule has 0 radical (unpaired) electrons. The summed E-state index contributed by atoms with van der Waals surface area (Å²) in [6.45, 7) is 5.66. The predicted molar refractivity (Wildman–Crippen MR) is 79.0 cm³/mol. The van der Waals surface area contributed by atoms with Crippen molar-refractivity contribution in [2.24, 2.45) is 5.41 Å². The first-order chi connectivity index (χ1) is 9.02. The smallest absolute Gasteiger partial charge is 0.123 e. The molecule has 1 saturated carbocycles. The SMILES string of the molecule is CC1(C)CCC(NCC2Cc3cc(Cl)ccc3O2)C1. The van der Waals surface area contributed by atoms with Crippen LogP contribution in [0.5, 0.6) is 5.75 Å². The average molecular weight is 280 g/mol. The van der Waals surface area contributed by atoms with E-state index in [0.717, 1.165) is 23.7 Å². The van der Waals surface area contributed by atoms with Gasteiger partial charge in [0, 0.05) is 24.0 Å². The molecule has 0 spiro atoms. The van der Waals surface area contributed by atoms with Crippen LogP contribution in [0.2, 0.25) is 5.02 Å². The van der Waals surface area contributed by atoms with E-state index in [1.54, 1.807) is 0 Å². The standard InChI is InChI=1S/C16H22ClNO/c1-16(2)6-5-13(9-16)18-10-14-8-11-7-12(17)3-4-15(11)19-14/h3-4,7,13-14,18H,5-6,8-10H2,1-2H3. The van der Waals surface area contributed by atoms with Gasteiger partial charge in [-0.2, -0.15) is 0 Å². The Morgan fingerprint density at radius 1 is 1.42 bits per heavy atom. The Hall–Kier alpha value is -0.730. The van der Waals surface area contributed by atoms with Crippen molar-refractivity contribution in [3.05, 3.63) is 28.8 Å². The van der Waals surface area contributed by atoms with E-state index in [1.165, 1.54) is 24.8 Å². The summed E-state index contributed by atoms with van der Waals surface area (Å²) >= 11 is 6.01. The van der Waals surface area contributed by atoms with Gasteiger partial charge in [-0.3, -0.25) is 0 Å². The number of benzene rings is 1. The maximum absolute atomic E-state index is 6.01. The third kappa shape index (κ3) is 3.06. The van der Waals surface area contributed by atoms with E-state index in [4.69, 9.17) is 16.3 Å². The monoisotopic (exact) mass is 279 g/mol. The van der Waals surface area contributed by atoms with Crippen LogP contribution >= 0.6 is 11.6 Å². The normalized spacial score (nSPS) is 28.2.